The van der Waals surface area contributed by atoms with E-state index in [9.17, 15) is 19.8 Å². The molecule has 0 radical (unpaired) electrons. The summed E-state index contributed by atoms with van der Waals surface area (Å²) in [6.45, 7) is 0.465. The van der Waals surface area contributed by atoms with Gasteiger partial charge in [-0.1, -0.05) is 18.2 Å². The Bertz CT molecular complexity index is 801. The van der Waals surface area contributed by atoms with E-state index in [1.54, 1.807) is 31.3 Å². The molecule has 136 valence electrons. The lowest BCUT2D eigenvalue weighted by molar-refractivity contribution is -0.116. The van der Waals surface area contributed by atoms with E-state index >= 15 is 0 Å². The van der Waals surface area contributed by atoms with Gasteiger partial charge in [0.25, 0.3) is 0 Å². The van der Waals surface area contributed by atoms with Crippen LogP contribution < -0.4 is 16.0 Å². The summed E-state index contributed by atoms with van der Waals surface area (Å²) in [7, 11) is 1.55. The summed E-state index contributed by atoms with van der Waals surface area (Å²) in [5.74, 6) is -0.694. The van der Waals surface area contributed by atoms with Gasteiger partial charge in [-0.3, -0.25) is 4.79 Å². The lowest BCUT2D eigenvalue weighted by Gasteiger charge is -2.06. The Morgan fingerprint density at radius 1 is 1.04 bits per heavy atom. The first-order chi connectivity index (χ1) is 12.5. The predicted molar refractivity (Wildman–Crippen MR) is 100 cm³/mol. The molecule has 7 nitrogen and oxygen atoms in total. The standard InChI is InChI=1S/C19H21N3O4/c1-20-19(26)22-15-6-2-13(3-7-15)10-11-21-18(25)9-5-14-4-8-16(23)17(24)12-14/h2-9,12,23-24H,10-11H2,1H3,(H,21,25)(H2,20,22,26)/b9-5+. The van der Waals surface area contributed by atoms with Crippen molar-refractivity contribution in [2.45, 2.75) is 6.42 Å². The highest BCUT2D eigenvalue weighted by molar-refractivity contribution is 5.91. The van der Waals surface area contributed by atoms with Crippen molar-refractivity contribution < 1.29 is 19.8 Å². The molecule has 0 spiro atoms. The Labute approximate surface area is 151 Å². The van der Waals surface area contributed by atoms with Crippen LogP contribution >= 0.6 is 0 Å². The van der Waals surface area contributed by atoms with Gasteiger partial charge in [0.1, 0.15) is 0 Å². The lowest BCUT2D eigenvalue weighted by atomic mass is 10.1. The lowest BCUT2D eigenvalue weighted by Crippen LogP contribution is -2.24. The smallest absolute Gasteiger partial charge is 0.318 e. The second kappa shape index (κ2) is 9.12. The first-order valence-electron chi connectivity index (χ1n) is 8.03. The molecular formula is C19H21N3O4. The van der Waals surface area contributed by atoms with Gasteiger partial charge < -0.3 is 26.2 Å². The number of urea groups is 1. The minimum Gasteiger partial charge on any atom is -0.504 e. The van der Waals surface area contributed by atoms with E-state index in [0.29, 0.717) is 24.2 Å². The highest BCUT2D eigenvalue weighted by atomic mass is 16.3. The third-order valence-corrected chi connectivity index (χ3v) is 3.58. The van der Waals surface area contributed by atoms with Crippen molar-refractivity contribution in [3.8, 4) is 11.5 Å². The molecule has 0 fully saturated rings. The molecule has 0 atom stereocenters. The molecule has 0 unspecified atom stereocenters. The molecule has 7 heteroatoms. The number of amides is 3. The molecule has 0 aliphatic rings. The Hall–Kier alpha value is -3.48. The zero-order valence-electron chi connectivity index (χ0n) is 14.3. The molecule has 5 N–H and O–H groups in total. The van der Waals surface area contributed by atoms with Crippen molar-refractivity contribution in [1.82, 2.24) is 10.6 Å². The summed E-state index contributed by atoms with van der Waals surface area (Å²) in [5.41, 5.74) is 2.33. The molecule has 0 aliphatic heterocycles. The van der Waals surface area contributed by atoms with Crippen LogP contribution in [0.1, 0.15) is 11.1 Å². The number of benzene rings is 2. The van der Waals surface area contributed by atoms with E-state index in [-0.39, 0.29) is 23.4 Å². The van der Waals surface area contributed by atoms with Gasteiger partial charge in [0.15, 0.2) is 11.5 Å². The summed E-state index contributed by atoms with van der Waals surface area (Å²) in [4.78, 5) is 23.0. The summed E-state index contributed by atoms with van der Waals surface area (Å²) < 4.78 is 0. The van der Waals surface area contributed by atoms with Crippen molar-refractivity contribution in [1.29, 1.82) is 0 Å². The maximum Gasteiger partial charge on any atom is 0.318 e. The summed E-state index contributed by atoms with van der Waals surface area (Å²) in [6.07, 6.45) is 3.57. The zero-order valence-corrected chi connectivity index (χ0v) is 14.3. The van der Waals surface area contributed by atoms with Gasteiger partial charge in [-0.15, -0.1) is 0 Å². The van der Waals surface area contributed by atoms with E-state index in [0.717, 1.165) is 5.56 Å². The molecule has 0 aromatic heterocycles. The Morgan fingerprint density at radius 3 is 2.42 bits per heavy atom. The molecule has 2 rings (SSSR count). The molecule has 0 bridgehead atoms. The van der Waals surface area contributed by atoms with E-state index in [4.69, 9.17) is 0 Å². The number of carbonyl (C=O) groups excluding carboxylic acids is 2. The predicted octanol–water partition coefficient (Wildman–Crippen LogP) is 2.22. The molecule has 2 aromatic carbocycles. The fourth-order valence-corrected chi connectivity index (χ4v) is 2.15. The number of rotatable bonds is 6. The van der Waals surface area contributed by atoms with E-state index < -0.39 is 0 Å². The quantitative estimate of drug-likeness (QED) is 0.404. The number of nitrogens with one attached hydrogen (secondary N) is 3. The number of phenols is 2. The molecule has 2 aromatic rings. The number of hydrogen-bond donors (Lipinski definition) is 5. The van der Waals surface area contributed by atoms with E-state index in [1.807, 2.05) is 12.1 Å². The van der Waals surface area contributed by atoms with Crippen LogP contribution in [0.15, 0.2) is 48.5 Å². The molecule has 0 saturated carbocycles. The second-order valence-corrected chi connectivity index (χ2v) is 5.52. The van der Waals surface area contributed by atoms with E-state index in [2.05, 4.69) is 16.0 Å². The van der Waals surface area contributed by atoms with E-state index in [1.165, 1.54) is 18.2 Å². The fraction of sp³-hybridized carbons (Fsp3) is 0.158. The van der Waals surface area contributed by atoms with Crippen LogP contribution in [0, 0.1) is 0 Å². The highest BCUT2D eigenvalue weighted by Crippen LogP contribution is 2.25. The summed E-state index contributed by atoms with van der Waals surface area (Å²) >= 11 is 0. The third-order valence-electron chi connectivity index (χ3n) is 3.58. The third kappa shape index (κ3) is 5.86. The molecule has 3 amide bonds. The number of carbonyl (C=O) groups is 2. The van der Waals surface area contributed by atoms with Gasteiger partial charge in [-0.25, -0.2) is 4.79 Å². The van der Waals surface area contributed by atoms with Crippen molar-refractivity contribution in [2.24, 2.45) is 0 Å². The largest absolute Gasteiger partial charge is 0.504 e. The average Bonchev–Trinajstić information content (AvgIpc) is 2.64. The number of anilines is 1. The van der Waals surface area contributed by atoms with Crippen molar-refractivity contribution in [3.05, 3.63) is 59.7 Å². The van der Waals surface area contributed by atoms with Crippen LogP contribution in [0.3, 0.4) is 0 Å². The van der Waals surface area contributed by atoms with Crippen molar-refractivity contribution in [3.63, 3.8) is 0 Å². The topological polar surface area (TPSA) is 111 Å². The van der Waals surface area contributed by atoms with Crippen LogP contribution in [0.4, 0.5) is 10.5 Å². The van der Waals surface area contributed by atoms with Gasteiger partial charge in [0, 0.05) is 25.4 Å². The van der Waals surface area contributed by atoms with Crippen LogP contribution in [0.25, 0.3) is 6.08 Å². The first-order valence-corrected chi connectivity index (χ1v) is 8.03. The van der Waals surface area contributed by atoms with Gasteiger partial charge in [0.2, 0.25) is 5.91 Å². The maximum absolute atomic E-state index is 11.8. The number of aromatic hydroxyl groups is 2. The monoisotopic (exact) mass is 355 g/mol. The van der Waals surface area contributed by atoms with Crippen LogP contribution in [0.2, 0.25) is 0 Å². The van der Waals surface area contributed by atoms with Gasteiger partial charge in [-0.05, 0) is 47.9 Å². The minimum atomic E-state index is -0.279. The highest BCUT2D eigenvalue weighted by Gasteiger charge is 2.01. The van der Waals surface area contributed by atoms with Crippen LogP contribution in [-0.4, -0.2) is 35.7 Å². The Morgan fingerprint density at radius 2 is 1.77 bits per heavy atom. The molecule has 0 saturated heterocycles. The summed E-state index contributed by atoms with van der Waals surface area (Å²) in [5, 5.41) is 26.6. The number of hydrogen-bond acceptors (Lipinski definition) is 4. The first kappa shape index (κ1) is 18.9. The second-order valence-electron chi connectivity index (χ2n) is 5.52. The molecule has 26 heavy (non-hydrogen) atoms. The van der Waals surface area contributed by atoms with Crippen LogP contribution in [-0.2, 0) is 11.2 Å². The molecule has 0 aliphatic carbocycles. The van der Waals surface area contributed by atoms with Crippen LogP contribution in [0.5, 0.6) is 11.5 Å². The van der Waals surface area contributed by atoms with Gasteiger partial charge >= 0.3 is 6.03 Å². The summed E-state index contributed by atoms with van der Waals surface area (Å²) in [6, 6.07) is 11.4. The average molecular weight is 355 g/mol. The molecule has 0 heterocycles. The maximum atomic E-state index is 11.8. The van der Waals surface area contributed by atoms with Crippen molar-refractivity contribution in [2.75, 3.05) is 18.9 Å². The zero-order chi connectivity index (χ0) is 18.9. The van der Waals surface area contributed by atoms with Gasteiger partial charge in [-0.2, -0.15) is 0 Å². The Balaban J connectivity index is 1.78. The fourth-order valence-electron chi connectivity index (χ4n) is 2.15. The SMILES string of the molecule is CNC(=O)Nc1ccc(CCNC(=O)/C=C/c2ccc(O)c(O)c2)cc1. The molecular weight excluding hydrogens is 334 g/mol. The van der Waals surface area contributed by atoms with Gasteiger partial charge in [0.05, 0.1) is 0 Å². The minimum absolute atomic E-state index is 0.205. The van der Waals surface area contributed by atoms with Crippen molar-refractivity contribution >= 4 is 23.7 Å². The normalized spacial score (nSPS) is 10.5. The Kier molecular flexibility index (Phi) is 6.61. The number of phenolic OH excluding ortho intramolecular Hbond substituents is 2.